The quantitative estimate of drug-likeness (QED) is 0.340. The molecule has 2 aromatic carbocycles. The Morgan fingerprint density at radius 3 is 2.54 bits per heavy atom. The van der Waals surface area contributed by atoms with Crippen molar-refractivity contribution in [1.29, 1.82) is 0 Å². The van der Waals surface area contributed by atoms with Crippen LogP contribution in [0.2, 0.25) is 0 Å². The molecule has 3 aromatic rings. The second-order valence-electron chi connectivity index (χ2n) is 9.84. The molecule has 9 heteroatoms. The van der Waals surface area contributed by atoms with Crippen molar-refractivity contribution in [3.63, 3.8) is 0 Å². The van der Waals surface area contributed by atoms with Gasteiger partial charge in [0.2, 0.25) is 11.8 Å². The van der Waals surface area contributed by atoms with Crippen LogP contribution in [-0.2, 0) is 29.1 Å². The maximum absolute atomic E-state index is 13.6. The second kappa shape index (κ2) is 10.9. The number of carbonyl (C=O) groups excluding carboxylic acids is 3. The first-order chi connectivity index (χ1) is 17.7. The molecule has 0 fully saturated rings. The van der Waals surface area contributed by atoms with Gasteiger partial charge in [-0.25, -0.2) is 4.79 Å². The van der Waals surface area contributed by atoms with Crippen LogP contribution in [0.15, 0.2) is 60.8 Å². The Labute approximate surface area is 216 Å². The molecule has 0 unspecified atom stereocenters. The molecular weight excluding hydrogens is 468 g/mol. The second-order valence-corrected chi connectivity index (χ2v) is 9.84. The van der Waals surface area contributed by atoms with Gasteiger partial charge < -0.3 is 31.6 Å². The van der Waals surface area contributed by atoms with Gasteiger partial charge in [-0.1, -0.05) is 48.5 Å². The van der Waals surface area contributed by atoms with E-state index in [1.807, 2.05) is 60.8 Å². The van der Waals surface area contributed by atoms with Crippen molar-refractivity contribution in [3.8, 4) is 11.1 Å². The minimum absolute atomic E-state index is 0.161. The van der Waals surface area contributed by atoms with Crippen LogP contribution < -0.4 is 26.6 Å². The molecule has 194 valence electrons. The number of urea groups is 1. The molecule has 1 atom stereocenters. The maximum atomic E-state index is 13.6. The summed E-state index contributed by atoms with van der Waals surface area (Å²) in [5.41, 5.74) is 10.7. The summed E-state index contributed by atoms with van der Waals surface area (Å²) >= 11 is 0. The minimum Gasteiger partial charge on any atom is -0.363 e. The van der Waals surface area contributed by atoms with Crippen LogP contribution in [0.25, 0.3) is 11.1 Å². The Morgan fingerprint density at radius 2 is 1.84 bits per heavy atom. The molecule has 37 heavy (non-hydrogen) atoms. The summed E-state index contributed by atoms with van der Waals surface area (Å²) in [5, 5.41) is 8.24. The number of nitrogens with two attached hydrogens (primary N) is 1. The fraction of sp³-hybridized carbons (Fsp3) is 0.321. The lowest BCUT2D eigenvalue weighted by atomic mass is 9.98. The zero-order chi connectivity index (χ0) is 26.6. The van der Waals surface area contributed by atoms with E-state index < -0.39 is 11.6 Å². The van der Waals surface area contributed by atoms with Crippen molar-refractivity contribution in [2.75, 3.05) is 11.9 Å². The average Bonchev–Trinajstić information content (AvgIpc) is 3.31. The van der Waals surface area contributed by atoms with Crippen molar-refractivity contribution < 1.29 is 14.4 Å². The number of nitrogens with zero attached hydrogens (tertiary/aromatic N) is 1. The number of rotatable bonds is 7. The van der Waals surface area contributed by atoms with Gasteiger partial charge in [0.25, 0.3) is 0 Å². The predicted octanol–water partition coefficient (Wildman–Crippen LogP) is 2.81. The molecule has 1 aromatic heterocycles. The maximum Gasteiger partial charge on any atom is 0.314 e. The van der Waals surface area contributed by atoms with Crippen LogP contribution in [0, 0.1) is 0 Å². The van der Waals surface area contributed by atoms with Crippen LogP contribution in [0.1, 0.15) is 37.1 Å². The number of aromatic nitrogens is 1. The summed E-state index contributed by atoms with van der Waals surface area (Å²) in [6, 6.07) is 17.0. The molecule has 2 heterocycles. The number of H-pyrrole nitrogens is 1. The third-order valence-corrected chi connectivity index (χ3v) is 6.53. The van der Waals surface area contributed by atoms with Crippen molar-refractivity contribution in [1.82, 2.24) is 20.9 Å². The summed E-state index contributed by atoms with van der Waals surface area (Å²) < 4.78 is 0. The lowest BCUT2D eigenvalue weighted by Gasteiger charge is -2.27. The van der Waals surface area contributed by atoms with E-state index in [4.69, 9.17) is 5.73 Å². The molecule has 0 saturated carbocycles. The fourth-order valence-corrected chi connectivity index (χ4v) is 4.40. The van der Waals surface area contributed by atoms with Gasteiger partial charge in [-0.15, -0.1) is 0 Å². The van der Waals surface area contributed by atoms with Gasteiger partial charge in [-0.2, -0.15) is 0 Å². The molecule has 1 aliphatic heterocycles. The van der Waals surface area contributed by atoms with Crippen molar-refractivity contribution in [2.24, 2.45) is 5.73 Å². The number of carbonyl (C=O) groups is 3. The number of hydrogen-bond acceptors (Lipinski definition) is 4. The molecule has 0 saturated heterocycles. The lowest BCUT2D eigenvalue weighted by molar-refractivity contribution is -0.130. The number of aromatic amines is 1. The molecule has 4 rings (SSSR count). The summed E-state index contributed by atoms with van der Waals surface area (Å²) in [6.45, 7) is 4.02. The zero-order valence-corrected chi connectivity index (χ0v) is 21.4. The predicted molar refractivity (Wildman–Crippen MR) is 144 cm³/mol. The lowest BCUT2D eigenvalue weighted by Crippen LogP contribution is -2.56. The largest absolute Gasteiger partial charge is 0.363 e. The van der Waals surface area contributed by atoms with E-state index in [2.05, 4.69) is 20.9 Å². The van der Waals surface area contributed by atoms with Crippen LogP contribution >= 0.6 is 0 Å². The summed E-state index contributed by atoms with van der Waals surface area (Å²) in [4.78, 5) is 42.7. The van der Waals surface area contributed by atoms with Gasteiger partial charge in [-0.3, -0.25) is 9.59 Å². The fourth-order valence-electron chi connectivity index (χ4n) is 4.40. The normalized spacial score (nSPS) is 15.5. The van der Waals surface area contributed by atoms with E-state index in [1.54, 1.807) is 25.8 Å². The zero-order valence-electron chi connectivity index (χ0n) is 21.4. The van der Waals surface area contributed by atoms with Gasteiger partial charge in [0.05, 0.1) is 17.8 Å². The number of fused-ring (bicyclic) bond motifs is 1. The molecule has 1 aliphatic rings. The first-order valence-electron chi connectivity index (χ1n) is 12.4. The Morgan fingerprint density at radius 1 is 1.11 bits per heavy atom. The van der Waals surface area contributed by atoms with Crippen LogP contribution in [0.4, 0.5) is 10.5 Å². The molecule has 6 N–H and O–H groups in total. The minimum atomic E-state index is -1.08. The highest BCUT2D eigenvalue weighted by Gasteiger charge is 2.34. The Balaban J connectivity index is 1.55. The first kappa shape index (κ1) is 26.0. The first-order valence-corrected chi connectivity index (χ1v) is 12.4. The van der Waals surface area contributed by atoms with E-state index in [-0.39, 0.29) is 17.8 Å². The van der Waals surface area contributed by atoms with E-state index in [0.717, 1.165) is 33.6 Å². The molecule has 0 spiro atoms. The van der Waals surface area contributed by atoms with Gasteiger partial charge in [0.1, 0.15) is 6.04 Å². The van der Waals surface area contributed by atoms with Gasteiger partial charge in [0.15, 0.2) is 0 Å². The summed E-state index contributed by atoms with van der Waals surface area (Å²) in [6.07, 6.45) is 2.96. The smallest absolute Gasteiger partial charge is 0.314 e. The highest BCUT2D eigenvalue weighted by atomic mass is 16.2. The van der Waals surface area contributed by atoms with E-state index >= 15 is 0 Å². The van der Waals surface area contributed by atoms with Gasteiger partial charge >= 0.3 is 6.03 Å². The number of amides is 4. The standard InChI is InChI=1S/C28H34N6O3/c1-28(2,29)26(36)33-23-13-12-22-24(14-15-31-22)34(25(23)35)17-18-8-10-19(11-9-18)21-7-5-4-6-20(21)16-32-27(37)30-3/h4-11,14-15,23,31H,12-13,16-17,29H2,1-3H3,(H,33,36)(H2,30,32,37)/t23-/m1/s1. The Hall–Kier alpha value is -4.11. The number of hydrogen-bond donors (Lipinski definition) is 5. The van der Waals surface area contributed by atoms with Crippen molar-refractivity contribution in [3.05, 3.63) is 77.6 Å². The summed E-state index contributed by atoms with van der Waals surface area (Å²) in [5.74, 6) is -0.518. The number of benzene rings is 2. The van der Waals surface area contributed by atoms with E-state index in [9.17, 15) is 14.4 Å². The van der Waals surface area contributed by atoms with Crippen LogP contribution in [0.3, 0.4) is 0 Å². The number of anilines is 1. The molecule has 4 amide bonds. The summed E-state index contributed by atoms with van der Waals surface area (Å²) in [7, 11) is 1.58. The third-order valence-electron chi connectivity index (χ3n) is 6.53. The van der Waals surface area contributed by atoms with Crippen LogP contribution in [-0.4, -0.2) is 41.5 Å². The Bertz CT molecular complexity index is 1280. The van der Waals surface area contributed by atoms with Crippen LogP contribution in [0.5, 0.6) is 0 Å². The van der Waals surface area contributed by atoms with Crippen molar-refractivity contribution in [2.45, 2.75) is 51.4 Å². The molecule has 0 radical (unpaired) electrons. The third kappa shape index (κ3) is 6.00. The van der Waals surface area contributed by atoms with Gasteiger partial charge in [0, 0.05) is 25.5 Å². The van der Waals surface area contributed by atoms with E-state index in [0.29, 0.717) is 25.9 Å². The highest BCUT2D eigenvalue weighted by molar-refractivity contribution is 6.01. The topological polar surface area (TPSA) is 132 Å². The monoisotopic (exact) mass is 502 g/mol. The number of nitrogens with one attached hydrogen (secondary N) is 4. The van der Waals surface area contributed by atoms with Gasteiger partial charge in [-0.05, 0) is 55.0 Å². The Kier molecular flexibility index (Phi) is 7.63. The molecule has 0 bridgehead atoms. The van der Waals surface area contributed by atoms with E-state index in [1.165, 1.54) is 0 Å². The highest BCUT2D eigenvalue weighted by Crippen LogP contribution is 2.29. The van der Waals surface area contributed by atoms with Crippen molar-refractivity contribution >= 4 is 23.5 Å². The average molecular weight is 503 g/mol. The molecule has 9 nitrogen and oxygen atoms in total. The molecule has 0 aliphatic carbocycles. The number of aryl methyl sites for hydroxylation is 1. The SMILES string of the molecule is CNC(=O)NCc1ccccc1-c1ccc(CN2C(=O)[C@H](NC(=O)C(C)(C)N)CCc3[nH]ccc32)cc1. The molecular formula is C28H34N6O3.